The van der Waals surface area contributed by atoms with Crippen molar-refractivity contribution in [2.24, 2.45) is 5.41 Å². The number of aliphatic hydroxyl groups excluding tert-OH is 1. The summed E-state index contributed by atoms with van der Waals surface area (Å²) in [5.74, 6) is -1.37. The molecule has 2 aliphatic heterocycles. The highest BCUT2D eigenvalue weighted by molar-refractivity contribution is 14.1. The van der Waals surface area contributed by atoms with Gasteiger partial charge in [0.2, 0.25) is 11.8 Å². The van der Waals surface area contributed by atoms with Crippen molar-refractivity contribution >= 4 is 51.8 Å². The maximum Gasteiger partial charge on any atom is 0.238 e. The van der Waals surface area contributed by atoms with Gasteiger partial charge in [0.1, 0.15) is 22.2 Å². The molecule has 2 saturated carbocycles. The second kappa shape index (κ2) is 10.2. The van der Waals surface area contributed by atoms with E-state index < -0.39 is 28.7 Å². The molecule has 40 heavy (non-hydrogen) atoms. The summed E-state index contributed by atoms with van der Waals surface area (Å²) < 4.78 is 16.5. The fourth-order valence-electron chi connectivity index (χ4n) is 7.80. The molecule has 0 unspecified atom stereocenters. The zero-order chi connectivity index (χ0) is 28.4. The molecule has 214 valence electrons. The molecule has 2 amide bonds. The van der Waals surface area contributed by atoms with Crippen molar-refractivity contribution in [1.82, 2.24) is 15.6 Å². The van der Waals surface area contributed by atoms with Gasteiger partial charge in [-0.2, -0.15) is 0 Å². The number of amides is 2. The lowest BCUT2D eigenvalue weighted by atomic mass is 9.53. The van der Waals surface area contributed by atoms with E-state index in [1.165, 1.54) is 0 Å². The SMILES string of the molecule is CC1(C)CCC2(CC1)N[C@@H](C(=O)N[C@H]1CC[C@H](O)CC1)[C@H](c1cccc(I)c1F)[C@]21C(=O)Nc2nc(Cl)ccc21. The first-order chi connectivity index (χ1) is 19.0. The Hall–Kier alpha value is -1.82. The Morgan fingerprint density at radius 2 is 1.82 bits per heavy atom. The van der Waals surface area contributed by atoms with E-state index in [2.05, 4.69) is 34.8 Å². The van der Waals surface area contributed by atoms with E-state index in [1.54, 1.807) is 24.3 Å². The molecule has 2 aromatic rings. The summed E-state index contributed by atoms with van der Waals surface area (Å²) in [5.41, 5.74) is -0.980. The summed E-state index contributed by atoms with van der Waals surface area (Å²) in [4.78, 5) is 33.1. The Bertz CT molecular complexity index is 1350. The van der Waals surface area contributed by atoms with Crippen LogP contribution in [0.3, 0.4) is 0 Å². The number of nitrogens with one attached hydrogen (secondary N) is 3. The molecule has 1 aromatic carbocycles. The number of hydrogen-bond acceptors (Lipinski definition) is 5. The fraction of sp³-hybridized carbons (Fsp3) is 0.567. The Morgan fingerprint density at radius 3 is 2.52 bits per heavy atom. The molecule has 10 heteroatoms. The third kappa shape index (κ3) is 4.37. The van der Waals surface area contributed by atoms with Crippen molar-refractivity contribution in [2.75, 3.05) is 5.32 Å². The molecule has 3 atom stereocenters. The van der Waals surface area contributed by atoms with Crippen LogP contribution in [0.2, 0.25) is 5.15 Å². The number of hydrogen-bond donors (Lipinski definition) is 4. The van der Waals surface area contributed by atoms with Gasteiger partial charge in [-0.25, -0.2) is 9.37 Å². The quantitative estimate of drug-likeness (QED) is 0.264. The topological polar surface area (TPSA) is 103 Å². The van der Waals surface area contributed by atoms with Crippen LogP contribution in [-0.2, 0) is 15.0 Å². The lowest BCUT2D eigenvalue weighted by molar-refractivity contribution is -0.125. The molecule has 0 bridgehead atoms. The van der Waals surface area contributed by atoms with Gasteiger partial charge in [-0.1, -0.05) is 43.6 Å². The minimum atomic E-state index is -1.27. The molecule has 3 heterocycles. The summed E-state index contributed by atoms with van der Waals surface area (Å²) in [6.45, 7) is 4.45. The number of fused-ring (bicyclic) bond motifs is 3. The first kappa shape index (κ1) is 28.3. The minimum absolute atomic E-state index is 0.0798. The molecule has 3 fully saturated rings. The van der Waals surface area contributed by atoms with Gasteiger partial charge in [0.05, 0.1) is 12.1 Å². The van der Waals surface area contributed by atoms with Gasteiger partial charge in [-0.3, -0.25) is 14.9 Å². The second-order valence-electron chi connectivity index (χ2n) is 12.8. The summed E-state index contributed by atoms with van der Waals surface area (Å²) in [5, 5.41) is 20.1. The van der Waals surface area contributed by atoms with Crippen LogP contribution in [0.5, 0.6) is 0 Å². The van der Waals surface area contributed by atoms with E-state index in [1.807, 2.05) is 28.7 Å². The van der Waals surface area contributed by atoms with E-state index in [-0.39, 0.29) is 34.5 Å². The largest absolute Gasteiger partial charge is 0.393 e. The zero-order valence-corrected chi connectivity index (χ0v) is 25.6. The molecule has 1 saturated heterocycles. The van der Waals surface area contributed by atoms with Crippen molar-refractivity contribution in [3.63, 3.8) is 0 Å². The molecule has 2 aliphatic carbocycles. The van der Waals surface area contributed by atoms with Gasteiger partial charge in [-0.15, -0.1) is 0 Å². The van der Waals surface area contributed by atoms with Crippen LogP contribution in [0.15, 0.2) is 30.3 Å². The Kier molecular flexibility index (Phi) is 7.20. The third-order valence-corrected chi connectivity index (χ3v) is 11.0. The number of rotatable bonds is 3. The number of aliphatic hydroxyl groups is 1. The number of aromatic nitrogens is 1. The molecule has 4 N–H and O–H groups in total. The summed E-state index contributed by atoms with van der Waals surface area (Å²) in [6.07, 6.45) is 5.26. The number of nitrogens with zero attached hydrogens (tertiary/aromatic N) is 1. The highest BCUT2D eigenvalue weighted by Crippen LogP contribution is 2.63. The number of carbonyl (C=O) groups excluding carboxylic acids is 2. The monoisotopic (exact) mass is 680 g/mol. The number of anilines is 1. The van der Waals surface area contributed by atoms with Gasteiger partial charge >= 0.3 is 0 Å². The van der Waals surface area contributed by atoms with Crippen LogP contribution in [-0.4, -0.2) is 45.6 Å². The Morgan fingerprint density at radius 1 is 1.12 bits per heavy atom. The van der Waals surface area contributed by atoms with E-state index in [9.17, 15) is 14.7 Å². The maximum atomic E-state index is 16.1. The van der Waals surface area contributed by atoms with Gasteiger partial charge in [0.25, 0.3) is 0 Å². The van der Waals surface area contributed by atoms with Crippen LogP contribution in [0.1, 0.15) is 82.3 Å². The summed E-state index contributed by atoms with van der Waals surface area (Å²) in [7, 11) is 0. The molecule has 1 aromatic heterocycles. The smallest absolute Gasteiger partial charge is 0.238 e. The molecule has 6 rings (SSSR count). The van der Waals surface area contributed by atoms with Crippen molar-refractivity contribution < 1.29 is 19.1 Å². The van der Waals surface area contributed by atoms with Gasteiger partial charge < -0.3 is 15.7 Å². The van der Waals surface area contributed by atoms with Crippen LogP contribution < -0.4 is 16.0 Å². The highest BCUT2D eigenvalue weighted by atomic mass is 127. The molecule has 7 nitrogen and oxygen atoms in total. The van der Waals surface area contributed by atoms with E-state index in [0.29, 0.717) is 59.0 Å². The fourth-order valence-corrected chi connectivity index (χ4v) is 8.46. The Balaban J connectivity index is 1.54. The van der Waals surface area contributed by atoms with Crippen LogP contribution in [0.25, 0.3) is 0 Å². The van der Waals surface area contributed by atoms with E-state index >= 15 is 4.39 Å². The average Bonchev–Trinajstić information content (AvgIpc) is 3.37. The van der Waals surface area contributed by atoms with Crippen molar-refractivity contribution in [2.45, 2.75) is 100 Å². The van der Waals surface area contributed by atoms with E-state index in [4.69, 9.17) is 11.6 Å². The Labute approximate surface area is 252 Å². The summed E-state index contributed by atoms with van der Waals surface area (Å²) in [6, 6.07) is 7.76. The normalized spacial score (nSPS) is 32.2. The van der Waals surface area contributed by atoms with Crippen molar-refractivity contribution in [3.05, 3.63) is 56.0 Å². The summed E-state index contributed by atoms with van der Waals surface area (Å²) >= 11 is 8.23. The van der Waals surface area contributed by atoms with Crippen LogP contribution in [0, 0.1) is 14.8 Å². The number of halogens is 3. The number of benzene rings is 1. The van der Waals surface area contributed by atoms with Gasteiger partial charge in [0.15, 0.2) is 0 Å². The first-order valence-electron chi connectivity index (χ1n) is 14.2. The van der Waals surface area contributed by atoms with Gasteiger partial charge in [-0.05, 0) is 97.1 Å². The van der Waals surface area contributed by atoms with E-state index in [0.717, 1.165) is 12.8 Å². The van der Waals surface area contributed by atoms with Crippen LogP contribution >= 0.6 is 34.2 Å². The average molecular weight is 681 g/mol. The molecular formula is C30H35ClFIN4O3. The lowest BCUT2D eigenvalue weighted by Crippen LogP contribution is -2.61. The molecule has 0 radical (unpaired) electrons. The lowest BCUT2D eigenvalue weighted by Gasteiger charge is -2.50. The highest BCUT2D eigenvalue weighted by Gasteiger charge is 2.73. The predicted molar refractivity (Wildman–Crippen MR) is 160 cm³/mol. The molecule has 4 aliphatic rings. The predicted octanol–water partition coefficient (Wildman–Crippen LogP) is 5.18. The molecular weight excluding hydrogens is 646 g/mol. The zero-order valence-electron chi connectivity index (χ0n) is 22.7. The van der Waals surface area contributed by atoms with Gasteiger partial charge in [0, 0.05) is 26.6 Å². The number of pyridine rings is 1. The molecule has 2 spiro atoms. The standard InChI is InChI=1S/C30H35ClFIN4O3/c1-28(2)12-14-29(15-13-28)30(19-10-11-21(31)35-25(19)36-27(30)40)22(18-4-3-5-20(33)23(18)32)24(37-29)26(39)34-16-6-8-17(38)9-7-16/h3-5,10-11,16-17,22,24,37-38H,6-9,12-15H2,1-2H3,(H,34,39)(H,35,36,40)/t16-,17-,22-,24+,30+/m0/s1. The third-order valence-electron chi connectivity index (χ3n) is 9.96. The maximum absolute atomic E-state index is 16.1. The first-order valence-corrected chi connectivity index (χ1v) is 15.6. The van der Waals surface area contributed by atoms with Crippen molar-refractivity contribution in [3.8, 4) is 0 Å². The minimum Gasteiger partial charge on any atom is -0.393 e. The van der Waals surface area contributed by atoms with Crippen molar-refractivity contribution in [1.29, 1.82) is 0 Å². The second-order valence-corrected chi connectivity index (χ2v) is 14.3. The number of carbonyl (C=O) groups is 2. The van der Waals surface area contributed by atoms with Crippen LogP contribution in [0.4, 0.5) is 10.2 Å².